The molecule has 2 aromatic rings. The standard InChI is InChI=1S/C17H20BrN3O/c1-4-21(5-2)17(22)13-8-15(11-19-10-13)20-14-7-6-12(3)16(18)9-14/h6-11,20H,4-5H2,1-3H3. The van der Waals surface area contributed by atoms with E-state index in [0.29, 0.717) is 18.7 Å². The summed E-state index contributed by atoms with van der Waals surface area (Å²) in [6.07, 6.45) is 3.32. The number of carbonyl (C=O) groups excluding carboxylic acids is 1. The van der Waals surface area contributed by atoms with Crippen molar-refractivity contribution >= 4 is 33.2 Å². The van der Waals surface area contributed by atoms with Crippen molar-refractivity contribution in [2.75, 3.05) is 18.4 Å². The summed E-state index contributed by atoms with van der Waals surface area (Å²) in [6, 6.07) is 7.87. The minimum atomic E-state index is 0.00577. The lowest BCUT2D eigenvalue weighted by molar-refractivity contribution is 0.0772. The number of aromatic nitrogens is 1. The summed E-state index contributed by atoms with van der Waals surface area (Å²) in [5.74, 6) is 0.00577. The SMILES string of the molecule is CCN(CC)C(=O)c1cncc(Nc2ccc(C)c(Br)c2)c1. The molecular formula is C17H20BrN3O. The van der Waals surface area contributed by atoms with Gasteiger partial charge in [-0.15, -0.1) is 0 Å². The van der Waals surface area contributed by atoms with Crippen molar-refractivity contribution in [2.24, 2.45) is 0 Å². The molecule has 0 radical (unpaired) electrons. The van der Waals surface area contributed by atoms with Crippen molar-refractivity contribution < 1.29 is 4.79 Å². The highest BCUT2D eigenvalue weighted by molar-refractivity contribution is 9.10. The molecule has 116 valence electrons. The van der Waals surface area contributed by atoms with Crippen LogP contribution in [0.1, 0.15) is 29.8 Å². The lowest BCUT2D eigenvalue weighted by Crippen LogP contribution is -2.30. The fourth-order valence-corrected chi connectivity index (χ4v) is 2.53. The summed E-state index contributed by atoms with van der Waals surface area (Å²) in [5, 5.41) is 3.28. The Labute approximate surface area is 139 Å². The van der Waals surface area contributed by atoms with Crippen molar-refractivity contribution in [3.8, 4) is 0 Å². The van der Waals surface area contributed by atoms with E-state index < -0.39 is 0 Å². The number of nitrogens with one attached hydrogen (secondary N) is 1. The first-order chi connectivity index (χ1) is 10.5. The molecule has 0 spiro atoms. The Kier molecular flexibility index (Phi) is 5.55. The summed E-state index contributed by atoms with van der Waals surface area (Å²) >= 11 is 3.52. The maximum atomic E-state index is 12.4. The van der Waals surface area contributed by atoms with Gasteiger partial charge in [0.1, 0.15) is 0 Å². The van der Waals surface area contributed by atoms with E-state index in [1.807, 2.05) is 45.0 Å². The molecule has 1 amide bonds. The summed E-state index contributed by atoms with van der Waals surface area (Å²) in [7, 11) is 0. The van der Waals surface area contributed by atoms with Crippen LogP contribution in [-0.2, 0) is 0 Å². The number of hydrogen-bond acceptors (Lipinski definition) is 3. The van der Waals surface area contributed by atoms with Gasteiger partial charge in [0.2, 0.25) is 0 Å². The Morgan fingerprint density at radius 2 is 1.91 bits per heavy atom. The van der Waals surface area contributed by atoms with Crippen LogP contribution in [0.15, 0.2) is 41.1 Å². The second kappa shape index (κ2) is 7.40. The van der Waals surface area contributed by atoms with Gasteiger partial charge in [0.15, 0.2) is 0 Å². The highest BCUT2D eigenvalue weighted by Crippen LogP contribution is 2.23. The molecule has 0 atom stereocenters. The number of anilines is 2. The predicted octanol–water partition coefficient (Wildman–Crippen LogP) is 4.38. The number of pyridine rings is 1. The Morgan fingerprint density at radius 1 is 1.18 bits per heavy atom. The highest BCUT2D eigenvalue weighted by Gasteiger charge is 2.13. The first kappa shape index (κ1) is 16.5. The number of amides is 1. The molecular weight excluding hydrogens is 342 g/mol. The summed E-state index contributed by atoms with van der Waals surface area (Å²) in [4.78, 5) is 18.3. The van der Waals surface area contributed by atoms with Crippen LogP contribution >= 0.6 is 15.9 Å². The van der Waals surface area contributed by atoms with Gasteiger partial charge in [0.25, 0.3) is 5.91 Å². The van der Waals surface area contributed by atoms with E-state index in [1.165, 1.54) is 5.56 Å². The summed E-state index contributed by atoms with van der Waals surface area (Å²) in [5.41, 5.74) is 3.52. The Balaban J connectivity index is 2.21. The molecule has 2 rings (SSSR count). The molecule has 0 unspecified atom stereocenters. The van der Waals surface area contributed by atoms with Gasteiger partial charge >= 0.3 is 0 Å². The monoisotopic (exact) mass is 361 g/mol. The average molecular weight is 362 g/mol. The van der Waals surface area contributed by atoms with Gasteiger partial charge in [0, 0.05) is 29.4 Å². The molecule has 1 aromatic carbocycles. The highest BCUT2D eigenvalue weighted by atomic mass is 79.9. The molecule has 1 heterocycles. The first-order valence-electron chi connectivity index (χ1n) is 7.32. The first-order valence-corrected chi connectivity index (χ1v) is 8.12. The summed E-state index contributed by atoms with van der Waals surface area (Å²) in [6.45, 7) is 7.37. The van der Waals surface area contributed by atoms with Crippen LogP contribution < -0.4 is 5.32 Å². The number of halogens is 1. The fourth-order valence-electron chi connectivity index (χ4n) is 2.16. The average Bonchev–Trinajstić information content (AvgIpc) is 2.52. The van der Waals surface area contributed by atoms with E-state index in [9.17, 15) is 4.79 Å². The van der Waals surface area contributed by atoms with Crippen LogP contribution in [0.2, 0.25) is 0 Å². The van der Waals surface area contributed by atoms with Gasteiger partial charge in [-0.25, -0.2) is 0 Å². The molecule has 0 aliphatic rings. The van der Waals surface area contributed by atoms with Crippen molar-refractivity contribution in [3.05, 3.63) is 52.3 Å². The zero-order valence-corrected chi connectivity index (χ0v) is 14.6. The van der Waals surface area contributed by atoms with Crippen molar-refractivity contribution in [1.29, 1.82) is 0 Å². The maximum Gasteiger partial charge on any atom is 0.255 e. The number of carbonyl (C=O) groups is 1. The van der Waals surface area contributed by atoms with E-state index in [0.717, 1.165) is 15.8 Å². The minimum Gasteiger partial charge on any atom is -0.354 e. The summed E-state index contributed by atoms with van der Waals surface area (Å²) < 4.78 is 1.04. The molecule has 1 aromatic heterocycles. The van der Waals surface area contributed by atoms with Crippen LogP contribution in [-0.4, -0.2) is 28.9 Å². The van der Waals surface area contributed by atoms with E-state index in [-0.39, 0.29) is 5.91 Å². The van der Waals surface area contributed by atoms with Gasteiger partial charge in [-0.3, -0.25) is 9.78 Å². The van der Waals surface area contributed by atoms with Gasteiger partial charge in [-0.05, 0) is 44.5 Å². The number of nitrogens with zero attached hydrogens (tertiary/aromatic N) is 2. The third-order valence-electron chi connectivity index (χ3n) is 3.50. The van der Waals surface area contributed by atoms with Crippen LogP contribution in [0, 0.1) is 6.92 Å². The second-order valence-corrected chi connectivity index (χ2v) is 5.88. The third kappa shape index (κ3) is 3.85. The van der Waals surface area contributed by atoms with Crippen LogP contribution in [0.4, 0.5) is 11.4 Å². The quantitative estimate of drug-likeness (QED) is 0.859. The lowest BCUT2D eigenvalue weighted by Gasteiger charge is -2.18. The molecule has 0 aliphatic carbocycles. The smallest absolute Gasteiger partial charge is 0.255 e. The number of benzene rings is 1. The number of aryl methyl sites for hydroxylation is 1. The fraction of sp³-hybridized carbons (Fsp3) is 0.294. The number of hydrogen-bond donors (Lipinski definition) is 1. The largest absolute Gasteiger partial charge is 0.354 e. The zero-order chi connectivity index (χ0) is 16.1. The molecule has 22 heavy (non-hydrogen) atoms. The maximum absolute atomic E-state index is 12.4. The van der Waals surface area contributed by atoms with Gasteiger partial charge in [-0.2, -0.15) is 0 Å². The van der Waals surface area contributed by atoms with Gasteiger partial charge < -0.3 is 10.2 Å². The van der Waals surface area contributed by atoms with E-state index >= 15 is 0 Å². The van der Waals surface area contributed by atoms with Gasteiger partial charge in [0.05, 0.1) is 17.4 Å². The second-order valence-electron chi connectivity index (χ2n) is 5.03. The molecule has 4 nitrogen and oxygen atoms in total. The lowest BCUT2D eigenvalue weighted by atomic mass is 10.2. The minimum absolute atomic E-state index is 0.00577. The molecule has 5 heteroatoms. The normalized spacial score (nSPS) is 10.4. The molecule has 0 bridgehead atoms. The van der Waals surface area contributed by atoms with Crippen LogP contribution in [0.5, 0.6) is 0 Å². The third-order valence-corrected chi connectivity index (χ3v) is 4.35. The number of rotatable bonds is 5. The van der Waals surface area contributed by atoms with E-state index in [4.69, 9.17) is 0 Å². The topological polar surface area (TPSA) is 45.2 Å². The molecule has 0 fully saturated rings. The molecule has 0 aliphatic heterocycles. The van der Waals surface area contributed by atoms with E-state index in [2.05, 4.69) is 26.2 Å². The van der Waals surface area contributed by atoms with E-state index in [1.54, 1.807) is 17.3 Å². The Hall–Kier alpha value is -1.88. The Bertz CT molecular complexity index is 669. The van der Waals surface area contributed by atoms with Crippen molar-refractivity contribution in [3.63, 3.8) is 0 Å². The molecule has 1 N–H and O–H groups in total. The Morgan fingerprint density at radius 3 is 2.55 bits per heavy atom. The van der Waals surface area contributed by atoms with Crippen molar-refractivity contribution in [1.82, 2.24) is 9.88 Å². The molecule has 0 saturated heterocycles. The van der Waals surface area contributed by atoms with Crippen LogP contribution in [0.3, 0.4) is 0 Å². The van der Waals surface area contributed by atoms with Crippen LogP contribution in [0.25, 0.3) is 0 Å². The predicted molar refractivity (Wildman–Crippen MR) is 93.7 cm³/mol. The van der Waals surface area contributed by atoms with Gasteiger partial charge in [-0.1, -0.05) is 22.0 Å². The van der Waals surface area contributed by atoms with Crippen molar-refractivity contribution in [2.45, 2.75) is 20.8 Å². The zero-order valence-electron chi connectivity index (χ0n) is 13.1. The molecule has 0 saturated carbocycles.